The third kappa shape index (κ3) is 6.39. The van der Waals surface area contributed by atoms with Crippen LogP contribution in [0.25, 0.3) is 5.69 Å². The minimum atomic E-state index is -0.523. The van der Waals surface area contributed by atoms with Crippen molar-refractivity contribution in [3.05, 3.63) is 46.2 Å². The molecule has 0 saturated carbocycles. The lowest BCUT2D eigenvalue weighted by Crippen LogP contribution is -2.34. The second kappa shape index (κ2) is 9.03. The van der Waals surface area contributed by atoms with E-state index in [0.717, 1.165) is 15.9 Å². The van der Waals surface area contributed by atoms with E-state index in [0.29, 0.717) is 25.1 Å². The van der Waals surface area contributed by atoms with Crippen LogP contribution in [0.1, 0.15) is 43.2 Å². The maximum atomic E-state index is 12.4. The normalized spacial score (nSPS) is 11.1. The number of nitrogens with zero attached hydrogens (tertiary/aromatic N) is 2. The molecular formula is C19H25BrN4O3. The number of nitrogens with one attached hydrogen (secondary N) is 2. The van der Waals surface area contributed by atoms with Gasteiger partial charge in [0.1, 0.15) is 5.60 Å². The molecule has 2 N–H and O–H groups in total. The van der Waals surface area contributed by atoms with E-state index in [-0.39, 0.29) is 5.91 Å². The highest BCUT2D eigenvalue weighted by Gasteiger charge is 2.16. The number of carbonyl (C=O) groups is 2. The van der Waals surface area contributed by atoms with Crippen molar-refractivity contribution in [2.75, 3.05) is 13.1 Å². The van der Waals surface area contributed by atoms with E-state index in [1.165, 1.54) is 0 Å². The summed E-state index contributed by atoms with van der Waals surface area (Å²) < 4.78 is 7.86. The molecule has 2 amide bonds. The molecule has 0 unspecified atom stereocenters. The maximum absolute atomic E-state index is 12.4. The molecule has 0 aliphatic heterocycles. The minimum absolute atomic E-state index is 0.187. The average Bonchev–Trinajstić information content (AvgIpc) is 2.95. The lowest BCUT2D eigenvalue weighted by Gasteiger charge is -2.19. The molecule has 7 nitrogen and oxygen atoms in total. The van der Waals surface area contributed by atoms with Crippen LogP contribution >= 0.6 is 15.9 Å². The quantitative estimate of drug-likeness (QED) is 0.677. The zero-order valence-corrected chi connectivity index (χ0v) is 17.6. The van der Waals surface area contributed by atoms with Crippen molar-refractivity contribution >= 4 is 27.9 Å². The van der Waals surface area contributed by atoms with Crippen LogP contribution in [0.5, 0.6) is 0 Å². The summed E-state index contributed by atoms with van der Waals surface area (Å²) in [7, 11) is 0. The molecule has 146 valence electrons. The van der Waals surface area contributed by atoms with Gasteiger partial charge in [-0.2, -0.15) is 5.10 Å². The van der Waals surface area contributed by atoms with Gasteiger partial charge in [-0.25, -0.2) is 9.48 Å². The van der Waals surface area contributed by atoms with Crippen molar-refractivity contribution in [1.29, 1.82) is 0 Å². The monoisotopic (exact) mass is 436 g/mol. The largest absolute Gasteiger partial charge is 0.444 e. The average molecular weight is 437 g/mol. The Hall–Kier alpha value is -2.35. The molecular weight excluding hydrogens is 412 g/mol. The molecule has 0 fully saturated rings. The van der Waals surface area contributed by atoms with Crippen molar-refractivity contribution in [2.45, 2.75) is 39.7 Å². The fraction of sp³-hybridized carbons (Fsp3) is 0.421. The van der Waals surface area contributed by atoms with Gasteiger partial charge >= 0.3 is 6.09 Å². The molecule has 0 bridgehead atoms. The van der Waals surface area contributed by atoms with Crippen LogP contribution in [-0.4, -0.2) is 40.5 Å². The van der Waals surface area contributed by atoms with Crippen LogP contribution in [-0.2, 0) is 4.74 Å². The summed E-state index contributed by atoms with van der Waals surface area (Å²) in [5.74, 6) is -0.187. The van der Waals surface area contributed by atoms with Gasteiger partial charge in [-0.05, 0) is 58.4 Å². The maximum Gasteiger partial charge on any atom is 0.407 e. The number of benzene rings is 1. The lowest BCUT2D eigenvalue weighted by molar-refractivity contribution is 0.0527. The van der Waals surface area contributed by atoms with Gasteiger partial charge in [-0.3, -0.25) is 4.79 Å². The first kappa shape index (κ1) is 21.0. The van der Waals surface area contributed by atoms with E-state index in [9.17, 15) is 9.59 Å². The first-order valence-electron chi connectivity index (χ1n) is 8.73. The first-order chi connectivity index (χ1) is 12.7. The molecule has 0 aliphatic rings. The van der Waals surface area contributed by atoms with Crippen LogP contribution in [0.15, 0.2) is 34.9 Å². The molecule has 27 heavy (non-hydrogen) atoms. The summed E-state index contributed by atoms with van der Waals surface area (Å²) in [5, 5.41) is 9.81. The summed E-state index contributed by atoms with van der Waals surface area (Å²) in [6, 6.07) is 7.70. The Morgan fingerprint density at radius 3 is 2.41 bits per heavy atom. The van der Waals surface area contributed by atoms with Gasteiger partial charge in [0.05, 0.1) is 23.1 Å². The smallest absolute Gasteiger partial charge is 0.407 e. The van der Waals surface area contributed by atoms with Crippen molar-refractivity contribution < 1.29 is 14.3 Å². The van der Waals surface area contributed by atoms with E-state index < -0.39 is 11.7 Å². The summed E-state index contributed by atoms with van der Waals surface area (Å²) in [6.45, 7) is 8.15. The number of halogens is 1. The number of rotatable bonds is 6. The van der Waals surface area contributed by atoms with Crippen LogP contribution in [0, 0.1) is 6.92 Å². The fourth-order valence-corrected chi connectivity index (χ4v) is 2.63. The van der Waals surface area contributed by atoms with E-state index in [4.69, 9.17) is 4.74 Å². The van der Waals surface area contributed by atoms with Gasteiger partial charge in [0, 0.05) is 17.6 Å². The Bertz CT molecular complexity index is 794. The molecule has 8 heteroatoms. The number of hydrogen-bond acceptors (Lipinski definition) is 4. The molecule has 0 radical (unpaired) electrons. The highest BCUT2D eigenvalue weighted by Crippen LogP contribution is 2.17. The highest BCUT2D eigenvalue weighted by atomic mass is 79.9. The summed E-state index contributed by atoms with van der Waals surface area (Å²) >= 11 is 3.40. The Morgan fingerprint density at radius 1 is 1.15 bits per heavy atom. The predicted molar refractivity (Wildman–Crippen MR) is 107 cm³/mol. The van der Waals surface area contributed by atoms with Crippen LogP contribution in [0.2, 0.25) is 0 Å². The Kier molecular flexibility index (Phi) is 7.01. The highest BCUT2D eigenvalue weighted by molar-refractivity contribution is 9.10. The number of aromatic nitrogens is 2. The molecule has 2 aromatic rings. The first-order valence-corrected chi connectivity index (χ1v) is 9.52. The van der Waals surface area contributed by atoms with Crippen LogP contribution in [0.4, 0.5) is 4.79 Å². The van der Waals surface area contributed by atoms with Gasteiger partial charge in [0.2, 0.25) is 0 Å². The topological polar surface area (TPSA) is 85.2 Å². The molecule has 1 aromatic carbocycles. The van der Waals surface area contributed by atoms with Crippen molar-refractivity contribution in [1.82, 2.24) is 20.4 Å². The third-order valence-corrected chi connectivity index (χ3v) is 4.16. The zero-order chi connectivity index (χ0) is 20.0. The molecule has 0 atom stereocenters. The van der Waals surface area contributed by atoms with E-state index in [1.807, 2.05) is 52.0 Å². The SMILES string of the molecule is Cc1c(C(=O)NCCCNC(=O)OC(C)(C)C)cnn1-c1ccc(Br)cc1. The van der Waals surface area contributed by atoms with Gasteiger partial charge in [0.15, 0.2) is 0 Å². The Morgan fingerprint density at radius 2 is 1.78 bits per heavy atom. The van der Waals surface area contributed by atoms with E-state index >= 15 is 0 Å². The number of carbonyl (C=O) groups excluding carboxylic acids is 2. The van der Waals surface area contributed by atoms with E-state index in [1.54, 1.807) is 10.9 Å². The fourth-order valence-electron chi connectivity index (χ4n) is 2.37. The molecule has 0 aliphatic carbocycles. The molecule has 0 saturated heterocycles. The minimum Gasteiger partial charge on any atom is -0.444 e. The lowest BCUT2D eigenvalue weighted by atomic mass is 10.2. The van der Waals surface area contributed by atoms with Crippen molar-refractivity contribution in [3.8, 4) is 5.69 Å². The zero-order valence-electron chi connectivity index (χ0n) is 16.0. The van der Waals surface area contributed by atoms with Gasteiger partial charge in [-0.1, -0.05) is 15.9 Å². The van der Waals surface area contributed by atoms with Crippen LogP contribution in [0.3, 0.4) is 0 Å². The van der Waals surface area contributed by atoms with Crippen molar-refractivity contribution in [3.63, 3.8) is 0 Å². The number of hydrogen-bond donors (Lipinski definition) is 2. The molecule has 1 aromatic heterocycles. The summed E-state index contributed by atoms with van der Waals surface area (Å²) in [5.41, 5.74) is 1.65. The van der Waals surface area contributed by atoms with Crippen molar-refractivity contribution in [2.24, 2.45) is 0 Å². The molecule has 0 spiro atoms. The van der Waals surface area contributed by atoms with Gasteiger partial charge < -0.3 is 15.4 Å². The van der Waals surface area contributed by atoms with Gasteiger partial charge in [-0.15, -0.1) is 0 Å². The second-order valence-corrected chi connectivity index (χ2v) is 7.99. The molecule has 2 rings (SSSR count). The summed E-state index contributed by atoms with van der Waals surface area (Å²) in [4.78, 5) is 23.9. The van der Waals surface area contributed by atoms with Crippen LogP contribution < -0.4 is 10.6 Å². The Labute approximate surface area is 167 Å². The summed E-state index contributed by atoms with van der Waals surface area (Å²) in [6.07, 6.45) is 1.71. The van der Waals surface area contributed by atoms with E-state index in [2.05, 4.69) is 31.7 Å². The Balaban J connectivity index is 1.81. The standard InChI is InChI=1S/C19H25BrN4O3/c1-13-16(12-23-24(13)15-8-6-14(20)7-9-15)17(25)21-10-5-11-22-18(26)27-19(2,3)4/h6-9,12H,5,10-11H2,1-4H3,(H,21,25)(H,22,26). The number of alkyl carbamates (subject to hydrolysis) is 1. The number of amides is 2. The second-order valence-electron chi connectivity index (χ2n) is 7.07. The predicted octanol–water partition coefficient (Wildman–Crippen LogP) is 3.59. The molecule has 1 heterocycles. The number of ether oxygens (including phenoxy) is 1. The third-order valence-electron chi connectivity index (χ3n) is 3.63. The van der Waals surface area contributed by atoms with Gasteiger partial charge in [0.25, 0.3) is 5.91 Å².